The molecule has 2 aromatic heterocycles. The Morgan fingerprint density at radius 1 is 1.11 bits per heavy atom. The van der Waals surface area contributed by atoms with Crippen molar-refractivity contribution >= 4 is 23.4 Å². The number of thioether (sulfide) groups is 1. The molecule has 5 rings (SSSR count). The minimum atomic E-state index is -0.151. The van der Waals surface area contributed by atoms with E-state index in [-0.39, 0.29) is 18.3 Å². The summed E-state index contributed by atoms with van der Waals surface area (Å²) in [6, 6.07) is 17.0. The number of carbonyl (C=O) groups excluding carboxylic acids is 1. The molecule has 0 aliphatic carbocycles. The van der Waals surface area contributed by atoms with Gasteiger partial charge in [0.25, 0.3) is 0 Å². The fourth-order valence-electron chi connectivity index (χ4n) is 4.10. The third-order valence-electron chi connectivity index (χ3n) is 6.26. The number of fused-ring (bicyclic) bond motifs is 2. The van der Waals surface area contributed by atoms with Gasteiger partial charge in [-0.25, -0.2) is 4.98 Å². The van der Waals surface area contributed by atoms with Gasteiger partial charge in [0.15, 0.2) is 11.6 Å². The van der Waals surface area contributed by atoms with Crippen LogP contribution >= 0.6 is 11.8 Å². The molecule has 2 aromatic carbocycles. The van der Waals surface area contributed by atoms with Crippen molar-refractivity contribution in [2.24, 2.45) is 0 Å². The lowest BCUT2D eigenvalue weighted by atomic mass is 9.99. The van der Waals surface area contributed by atoms with Gasteiger partial charge in [-0.1, -0.05) is 30.0 Å². The molecule has 0 spiro atoms. The second kappa shape index (κ2) is 10.6. The molecule has 0 bridgehead atoms. The molecule has 1 aliphatic rings. The van der Waals surface area contributed by atoms with Crippen molar-refractivity contribution in [1.82, 2.24) is 15.0 Å². The van der Waals surface area contributed by atoms with Crippen LogP contribution in [0.2, 0.25) is 0 Å². The summed E-state index contributed by atoms with van der Waals surface area (Å²) in [4.78, 5) is 28.6. The van der Waals surface area contributed by atoms with Crippen LogP contribution in [0.4, 0.5) is 5.69 Å². The average molecular weight is 515 g/mol. The maximum absolute atomic E-state index is 13.0. The average Bonchev–Trinajstić information content (AvgIpc) is 2.95. The van der Waals surface area contributed by atoms with E-state index < -0.39 is 0 Å². The van der Waals surface area contributed by atoms with Gasteiger partial charge in [0, 0.05) is 42.0 Å². The summed E-state index contributed by atoms with van der Waals surface area (Å²) >= 11 is 1.35. The molecule has 4 aromatic rings. The summed E-state index contributed by atoms with van der Waals surface area (Å²) in [6.45, 7) is 1.71. The van der Waals surface area contributed by atoms with E-state index >= 15 is 0 Å². The first kappa shape index (κ1) is 24.7. The molecule has 0 saturated heterocycles. The van der Waals surface area contributed by atoms with Gasteiger partial charge in [0.2, 0.25) is 11.8 Å². The standard InChI is InChI=1S/C28H26N4O4S/c1-17-25-22(19(15-33)14-29-17)13-23-27(36-25)30-26(18-9-11-21(35-3)12-10-18)31-28(23)37-16-24(34)32(2)20-7-5-4-6-8-20/h4-12,14,33H,13,15-16H2,1-3H3. The number of amides is 1. The Morgan fingerprint density at radius 3 is 2.57 bits per heavy atom. The van der Waals surface area contributed by atoms with Crippen LogP contribution in [0.3, 0.4) is 0 Å². The number of aryl methyl sites for hydroxylation is 1. The summed E-state index contributed by atoms with van der Waals surface area (Å²) in [5.74, 6) is 2.39. The number of aromatic nitrogens is 3. The smallest absolute Gasteiger partial charge is 0.237 e. The zero-order chi connectivity index (χ0) is 25.9. The van der Waals surface area contributed by atoms with Crippen molar-refractivity contribution in [2.45, 2.75) is 25.0 Å². The van der Waals surface area contributed by atoms with Gasteiger partial charge < -0.3 is 19.5 Å². The van der Waals surface area contributed by atoms with E-state index in [0.29, 0.717) is 34.5 Å². The molecule has 0 radical (unpaired) electrons. The Kier molecular flexibility index (Phi) is 7.07. The second-order valence-corrected chi connectivity index (χ2v) is 9.52. The SMILES string of the molecule is COc1ccc(-c2nc3c(c(SCC(=O)N(C)c4ccccc4)n2)Cc2c(CO)cnc(C)c2O3)cc1. The first-order valence-corrected chi connectivity index (χ1v) is 12.7. The van der Waals surface area contributed by atoms with E-state index in [1.807, 2.05) is 61.5 Å². The maximum atomic E-state index is 13.0. The summed E-state index contributed by atoms with van der Waals surface area (Å²) < 4.78 is 11.5. The van der Waals surface area contributed by atoms with Crippen LogP contribution in [0.5, 0.6) is 17.4 Å². The summed E-state index contributed by atoms with van der Waals surface area (Å²) in [5.41, 5.74) is 4.68. The number of anilines is 1. The van der Waals surface area contributed by atoms with E-state index in [4.69, 9.17) is 19.4 Å². The Hall–Kier alpha value is -3.95. The quantitative estimate of drug-likeness (QED) is 0.244. The van der Waals surface area contributed by atoms with E-state index in [1.54, 1.807) is 25.3 Å². The zero-order valence-electron chi connectivity index (χ0n) is 20.8. The highest BCUT2D eigenvalue weighted by molar-refractivity contribution is 8.00. The van der Waals surface area contributed by atoms with Crippen LogP contribution < -0.4 is 14.4 Å². The lowest BCUT2D eigenvalue weighted by Crippen LogP contribution is -2.28. The Labute approximate surface area is 219 Å². The van der Waals surface area contributed by atoms with Crippen molar-refractivity contribution < 1.29 is 19.4 Å². The summed E-state index contributed by atoms with van der Waals surface area (Å²) in [5, 5.41) is 10.6. The van der Waals surface area contributed by atoms with E-state index in [9.17, 15) is 9.90 Å². The van der Waals surface area contributed by atoms with Crippen LogP contribution in [0.15, 0.2) is 65.8 Å². The molecule has 188 valence electrons. The van der Waals surface area contributed by atoms with Gasteiger partial charge in [0.1, 0.15) is 10.8 Å². The van der Waals surface area contributed by atoms with Gasteiger partial charge in [-0.2, -0.15) is 4.98 Å². The van der Waals surface area contributed by atoms with Crippen molar-refractivity contribution in [1.29, 1.82) is 0 Å². The number of para-hydroxylation sites is 1. The first-order valence-electron chi connectivity index (χ1n) is 11.7. The second-order valence-electron chi connectivity index (χ2n) is 8.56. The zero-order valence-corrected chi connectivity index (χ0v) is 21.6. The number of benzene rings is 2. The molecular formula is C28H26N4O4S. The number of methoxy groups -OCH3 is 1. The molecule has 0 saturated carbocycles. The van der Waals surface area contributed by atoms with Gasteiger partial charge in [-0.3, -0.25) is 9.78 Å². The Bertz CT molecular complexity index is 1450. The van der Waals surface area contributed by atoms with Gasteiger partial charge in [-0.05, 0) is 43.3 Å². The number of rotatable bonds is 7. The third-order valence-corrected chi connectivity index (χ3v) is 7.26. The van der Waals surface area contributed by atoms with Crippen LogP contribution in [0.1, 0.15) is 22.4 Å². The number of hydrogen-bond acceptors (Lipinski definition) is 8. The number of pyridine rings is 1. The molecule has 1 amide bonds. The lowest BCUT2D eigenvalue weighted by Gasteiger charge is -2.24. The molecule has 1 aliphatic heterocycles. The highest BCUT2D eigenvalue weighted by atomic mass is 32.2. The molecule has 0 atom stereocenters. The van der Waals surface area contributed by atoms with Crippen molar-refractivity contribution in [3.8, 4) is 28.8 Å². The predicted octanol–water partition coefficient (Wildman–Crippen LogP) is 4.80. The highest BCUT2D eigenvalue weighted by Crippen LogP contribution is 2.42. The number of aliphatic hydroxyl groups excluding tert-OH is 1. The number of nitrogens with zero attached hydrogens (tertiary/aromatic N) is 4. The summed E-state index contributed by atoms with van der Waals surface area (Å²) in [7, 11) is 3.38. The fraction of sp³-hybridized carbons (Fsp3) is 0.214. The largest absolute Gasteiger partial charge is 0.497 e. The number of aliphatic hydroxyl groups is 1. The van der Waals surface area contributed by atoms with E-state index in [0.717, 1.165) is 33.8 Å². The molecule has 9 heteroatoms. The van der Waals surface area contributed by atoms with Crippen LogP contribution in [-0.2, 0) is 17.8 Å². The normalized spacial score (nSPS) is 11.8. The maximum Gasteiger partial charge on any atom is 0.237 e. The summed E-state index contributed by atoms with van der Waals surface area (Å²) in [6.07, 6.45) is 2.14. The van der Waals surface area contributed by atoms with Gasteiger partial charge in [0.05, 0.1) is 30.7 Å². The van der Waals surface area contributed by atoms with E-state index in [1.165, 1.54) is 11.8 Å². The Balaban J connectivity index is 1.51. The molecular weight excluding hydrogens is 488 g/mol. The third kappa shape index (κ3) is 5.00. The van der Waals surface area contributed by atoms with Crippen molar-refractivity contribution in [3.05, 3.63) is 83.2 Å². The van der Waals surface area contributed by atoms with E-state index in [2.05, 4.69) is 4.98 Å². The highest BCUT2D eigenvalue weighted by Gasteiger charge is 2.28. The van der Waals surface area contributed by atoms with Crippen LogP contribution in [-0.4, -0.2) is 45.9 Å². The van der Waals surface area contributed by atoms with Crippen molar-refractivity contribution in [2.75, 3.05) is 24.8 Å². The lowest BCUT2D eigenvalue weighted by molar-refractivity contribution is -0.115. The minimum absolute atomic E-state index is 0.0530. The van der Waals surface area contributed by atoms with Crippen LogP contribution in [0, 0.1) is 6.92 Å². The molecule has 37 heavy (non-hydrogen) atoms. The molecule has 1 N–H and O–H groups in total. The van der Waals surface area contributed by atoms with Gasteiger partial charge in [-0.15, -0.1) is 0 Å². The Morgan fingerprint density at radius 2 is 1.86 bits per heavy atom. The van der Waals surface area contributed by atoms with Crippen LogP contribution in [0.25, 0.3) is 11.4 Å². The predicted molar refractivity (Wildman–Crippen MR) is 142 cm³/mol. The van der Waals surface area contributed by atoms with Crippen molar-refractivity contribution in [3.63, 3.8) is 0 Å². The first-order chi connectivity index (χ1) is 18.0. The fourth-order valence-corrected chi connectivity index (χ4v) is 5.04. The topological polar surface area (TPSA) is 97.7 Å². The monoisotopic (exact) mass is 514 g/mol. The molecule has 3 heterocycles. The molecule has 0 fully saturated rings. The molecule has 0 unspecified atom stereocenters. The number of ether oxygens (including phenoxy) is 2. The molecule has 8 nitrogen and oxygen atoms in total. The number of hydrogen-bond donors (Lipinski definition) is 1. The van der Waals surface area contributed by atoms with Gasteiger partial charge >= 0.3 is 0 Å². The number of carbonyl (C=O) groups is 1. The minimum Gasteiger partial charge on any atom is -0.497 e.